The molecule has 2 aromatic carbocycles. The van der Waals surface area contributed by atoms with Crippen molar-refractivity contribution in [3.05, 3.63) is 100 Å². The minimum atomic E-state index is -0.916. The lowest BCUT2D eigenvalue weighted by Gasteiger charge is -2.36. The highest BCUT2D eigenvalue weighted by Gasteiger charge is 2.46. The maximum Gasteiger partial charge on any atom is 0.260 e. The van der Waals surface area contributed by atoms with Crippen LogP contribution in [0.4, 0.5) is 21.7 Å². The lowest BCUT2D eigenvalue weighted by atomic mass is 9.85. The van der Waals surface area contributed by atoms with Gasteiger partial charge in [-0.05, 0) is 105 Å². The number of aryl methyl sites for hydroxylation is 1. The van der Waals surface area contributed by atoms with Crippen molar-refractivity contribution < 1.29 is 33.2 Å². The Bertz CT molecular complexity index is 2840. The standard InChI is InChI=1S/C59H79FN12O6/c1-9-45(38-21-15-14-16-22-38)66-56(76)49-33-41(35-71(49)58(78)52(59(3,4)5)67-55(75)37(2)62-6)65-50(74)26-18-13-11-10-12-17-23-42(73)24-19-30-72-54(63-7)51-39-31-48(53(61)64-34-39)70-29-20-25-47(70)44-32-40(60)27-28-43(44)57(77)69(8)36-46(51)68-72/h14-16,21-22,27-28,31-32,34,37,41,45,47,49,52,62H,9-13,17-20,23-26,29-30,33,35-36H2,1-6,8H3,(H2,61,64)(H,65,74)(H,66,76)(H,67,75)/t37-,41-,45+,47-,49-,52+/m1/s1. The molecule has 2 saturated heterocycles. The van der Waals surface area contributed by atoms with Crippen molar-refractivity contribution in [2.45, 2.75) is 174 Å². The van der Waals surface area contributed by atoms with Gasteiger partial charge in [-0.1, -0.05) is 90.3 Å². The summed E-state index contributed by atoms with van der Waals surface area (Å²) in [5.74, 6) is -1.17. The Hall–Kier alpha value is -7.20. The average Bonchev–Trinajstić information content (AvgIpc) is 4.19. The van der Waals surface area contributed by atoms with E-state index in [1.807, 2.05) is 64.1 Å². The molecule has 5 heterocycles. The predicted octanol–water partition coefficient (Wildman–Crippen LogP) is 8.11. The molecule has 19 heteroatoms. The van der Waals surface area contributed by atoms with Crippen LogP contribution in [0.1, 0.15) is 164 Å². The lowest BCUT2D eigenvalue weighted by molar-refractivity contribution is -0.144. The molecule has 18 nitrogen and oxygen atoms in total. The Morgan fingerprint density at radius 1 is 0.949 bits per heavy atom. The first kappa shape index (κ1) is 58.5. The molecule has 2 aromatic heterocycles. The van der Waals surface area contributed by atoms with Gasteiger partial charge in [-0.25, -0.2) is 9.37 Å². The highest BCUT2D eigenvalue weighted by Crippen LogP contribution is 2.44. The van der Waals surface area contributed by atoms with Crippen LogP contribution in [0.25, 0.3) is 16.0 Å². The number of anilines is 2. The fourth-order valence-electron chi connectivity index (χ4n) is 11.1. The van der Waals surface area contributed by atoms with Gasteiger partial charge in [-0.2, -0.15) is 4.68 Å². The normalized spacial score (nSPS) is 18.3. The van der Waals surface area contributed by atoms with E-state index < -0.39 is 35.4 Å². The van der Waals surface area contributed by atoms with Crippen molar-refractivity contribution in [3.8, 4) is 11.1 Å². The fraction of sp³-hybridized carbons (Fsp3) is 0.542. The van der Waals surface area contributed by atoms with Crippen molar-refractivity contribution in [1.82, 2.24) is 45.8 Å². The zero-order valence-corrected chi connectivity index (χ0v) is 46.5. The summed E-state index contributed by atoms with van der Waals surface area (Å²) < 4.78 is 16.4. The summed E-state index contributed by atoms with van der Waals surface area (Å²) in [5, 5.41) is 16.9. The zero-order valence-electron chi connectivity index (χ0n) is 46.5. The summed E-state index contributed by atoms with van der Waals surface area (Å²) >= 11 is 0. The molecule has 78 heavy (non-hydrogen) atoms. The fourth-order valence-corrected chi connectivity index (χ4v) is 11.1. The molecule has 0 spiro atoms. The molecule has 418 valence electrons. The van der Waals surface area contributed by atoms with Gasteiger partial charge in [0.25, 0.3) is 11.7 Å². The van der Waals surface area contributed by atoms with Crippen molar-refractivity contribution in [1.29, 1.82) is 0 Å². The van der Waals surface area contributed by atoms with Gasteiger partial charge in [0.15, 0.2) is 0 Å². The summed E-state index contributed by atoms with van der Waals surface area (Å²) in [6.45, 7) is 18.7. The number of nitrogens with zero attached hydrogens (tertiary/aromatic N) is 7. The van der Waals surface area contributed by atoms with Crippen molar-refractivity contribution in [2.24, 2.45) is 5.41 Å². The Morgan fingerprint density at radius 2 is 1.65 bits per heavy atom. The number of hydrogen-bond donors (Lipinski definition) is 5. The van der Waals surface area contributed by atoms with Gasteiger partial charge in [-0.15, -0.1) is 5.10 Å². The van der Waals surface area contributed by atoms with Gasteiger partial charge < -0.3 is 46.5 Å². The Labute approximate surface area is 458 Å². The van der Waals surface area contributed by atoms with E-state index in [-0.39, 0.29) is 72.7 Å². The van der Waals surface area contributed by atoms with Gasteiger partial charge >= 0.3 is 0 Å². The monoisotopic (exact) mass is 1070 g/mol. The number of fused-ring (bicyclic) bond motifs is 8. The zero-order chi connectivity index (χ0) is 56.3. The molecule has 0 aliphatic carbocycles. The molecule has 0 saturated carbocycles. The molecule has 2 bridgehead atoms. The smallest absolute Gasteiger partial charge is 0.260 e. The number of hydrogen-bond acceptors (Lipinski definition) is 11. The number of aromatic nitrogens is 3. The molecular formula is C59H79FN12O6. The van der Waals surface area contributed by atoms with Crippen LogP contribution < -0.4 is 31.9 Å². The van der Waals surface area contributed by atoms with Gasteiger partial charge in [0.1, 0.15) is 35.2 Å². The summed E-state index contributed by atoms with van der Waals surface area (Å²) in [6.07, 6.45) is 10.5. The number of Topliss-reactive ketones (excluding diaryl/α,β-unsaturated/α-hetero) is 1. The number of pyridine rings is 1. The minimum absolute atomic E-state index is 0.0836. The van der Waals surface area contributed by atoms with Gasteiger partial charge in [0.05, 0.1) is 36.9 Å². The molecule has 7 rings (SSSR count). The van der Waals surface area contributed by atoms with E-state index in [4.69, 9.17) is 17.4 Å². The first-order valence-electron chi connectivity index (χ1n) is 27.8. The van der Waals surface area contributed by atoms with Crippen LogP contribution >= 0.6 is 0 Å². The molecular weight excluding hydrogens is 992 g/mol. The van der Waals surface area contributed by atoms with Crippen LogP contribution in [0.3, 0.4) is 0 Å². The Kier molecular flexibility index (Phi) is 19.8. The number of likely N-dealkylation sites (N-methyl/N-ethyl adjacent to an activating group) is 1. The van der Waals surface area contributed by atoms with Gasteiger partial charge in [-0.3, -0.25) is 28.8 Å². The highest BCUT2D eigenvalue weighted by molar-refractivity contribution is 5.97. The number of nitrogens with one attached hydrogen (secondary N) is 4. The van der Waals surface area contributed by atoms with Gasteiger partial charge in [0, 0.05) is 62.8 Å². The number of likely N-dealkylation sites (tertiary alicyclic amines) is 1. The van der Waals surface area contributed by atoms with E-state index in [1.54, 1.807) is 36.8 Å². The predicted molar refractivity (Wildman–Crippen MR) is 298 cm³/mol. The van der Waals surface area contributed by atoms with Crippen LogP contribution in [0, 0.1) is 17.8 Å². The molecule has 2 fully saturated rings. The summed E-state index contributed by atoms with van der Waals surface area (Å²) in [4.78, 5) is 95.6. The van der Waals surface area contributed by atoms with Gasteiger partial charge in [0.2, 0.25) is 23.6 Å². The van der Waals surface area contributed by atoms with E-state index in [9.17, 15) is 33.2 Å². The van der Waals surface area contributed by atoms with E-state index in [0.29, 0.717) is 97.5 Å². The average molecular weight is 1070 g/mol. The number of amides is 5. The SMILES string of the molecule is [C-]#[N+]c1c2c(nn1CCCC(=O)CCCCCCCCC(=O)N[C@@H]1C[C@H](C(=O)N[C@@H](CC)c3ccccc3)N(C(=O)[C@H](NC(=O)[C@@H](C)NC)C(C)(C)C)C1)CN(C)C(=O)c1ccc(F)cc1[C@H]1CCCN1c1cc-2cnc1N. The second kappa shape index (κ2) is 26.4. The number of nitrogen functional groups attached to an aromatic ring is 1. The van der Waals surface area contributed by atoms with Crippen LogP contribution in [0.2, 0.25) is 0 Å². The third-order valence-corrected chi connectivity index (χ3v) is 15.5. The highest BCUT2D eigenvalue weighted by atomic mass is 19.1. The molecule has 4 aromatic rings. The first-order chi connectivity index (χ1) is 37.3. The topological polar surface area (TPSA) is 221 Å². The summed E-state index contributed by atoms with van der Waals surface area (Å²) in [6, 6.07) is 12.5. The number of carbonyl (C=O) groups excluding carboxylic acids is 6. The van der Waals surface area contributed by atoms with E-state index >= 15 is 0 Å². The molecule has 5 amide bonds. The number of unbranched alkanes of at least 4 members (excludes halogenated alkanes) is 5. The molecule has 3 aliphatic rings. The number of halogens is 1. The van der Waals surface area contributed by atoms with Crippen molar-refractivity contribution in [3.63, 3.8) is 0 Å². The van der Waals surface area contributed by atoms with Crippen LogP contribution in [-0.4, -0.2) is 111 Å². The molecule has 6 atom stereocenters. The first-order valence-corrected chi connectivity index (χ1v) is 27.8. The maximum absolute atomic E-state index is 14.7. The lowest BCUT2D eigenvalue weighted by Crippen LogP contribution is -2.59. The molecule has 3 aliphatic heterocycles. The number of benzene rings is 2. The molecule has 0 unspecified atom stereocenters. The number of nitrogens with two attached hydrogens (primary N) is 1. The van der Waals surface area contributed by atoms with Crippen molar-refractivity contribution >= 4 is 52.6 Å². The molecule has 0 radical (unpaired) electrons. The Balaban J connectivity index is 0.876. The largest absolute Gasteiger partial charge is 0.382 e. The van der Waals surface area contributed by atoms with Crippen LogP contribution in [-0.2, 0) is 37.1 Å². The van der Waals surface area contributed by atoms with E-state index in [2.05, 4.69) is 36.0 Å². The number of carbonyl (C=O) groups is 6. The number of ketones is 1. The quantitative estimate of drug-likeness (QED) is 0.0374. The summed E-state index contributed by atoms with van der Waals surface area (Å²) in [5.41, 5.74) is 10.1. The summed E-state index contributed by atoms with van der Waals surface area (Å²) in [7, 11) is 3.34. The third kappa shape index (κ3) is 14.1. The minimum Gasteiger partial charge on any atom is -0.382 e. The second-order valence-electron chi connectivity index (χ2n) is 22.3. The number of rotatable bonds is 22. The maximum atomic E-state index is 14.7. The van der Waals surface area contributed by atoms with E-state index in [1.165, 1.54) is 23.1 Å². The van der Waals surface area contributed by atoms with E-state index in [0.717, 1.165) is 44.1 Å². The second-order valence-corrected chi connectivity index (χ2v) is 22.3. The van der Waals surface area contributed by atoms with Crippen LogP contribution in [0.5, 0.6) is 0 Å². The Morgan fingerprint density at radius 3 is 2.35 bits per heavy atom. The van der Waals surface area contributed by atoms with Crippen molar-refractivity contribution in [2.75, 3.05) is 37.8 Å². The third-order valence-electron chi connectivity index (χ3n) is 15.5. The molecule has 6 N–H and O–H groups in total. The van der Waals surface area contributed by atoms with Crippen LogP contribution in [0.15, 0.2) is 60.8 Å².